The summed E-state index contributed by atoms with van der Waals surface area (Å²) in [5.74, 6) is -3.33. The zero-order valence-electron chi connectivity index (χ0n) is 22.3. The minimum absolute atomic E-state index is 0.0313. The SMILES string of the molecule is CC1O[C@@H](OCC2O[C@H](Oc3c(-c4ccc(O)c(O)c4)oc4cc(O)cc(O)c4c3=O)[C@H](O)C(O)[C@H]2O)[C@@H](O)C(O)[C@H]1O. The Labute approximate surface area is 241 Å². The van der Waals surface area contributed by atoms with Gasteiger partial charge in [-0.15, -0.1) is 0 Å². The van der Waals surface area contributed by atoms with Crippen molar-refractivity contribution < 1.29 is 74.4 Å². The van der Waals surface area contributed by atoms with E-state index in [2.05, 4.69) is 0 Å². The predicted octanol–water partition coefficient (Wildman–Crippen LogP) is -1.69. The third-order valence-electron chi connectivity index (χ3n) is 7.29. The van der Waals surface area contributed by atoms with Gasteiger partial charge in [0.05, 0.1) is 12.7 Å². The van der Waals surface area contributed by atoms with E-state index in [0.29, 0.717) is 0 Å². The summed E-state index contributed by atoms with van der Waals surface area (Å²) >= 11 is 0. The first-order valence-electron chi connectivity index (χ1n) is 13.0. The number of phenols is 4. The highest BCUT2D eigenvalue weighted by atomic mass is 16.7. The minimum atomic E-state index is -1.97. The van der Waals surface area contributed by atoms with Crippen LogP contribution in [0.5, 0.6) is 28.7 Å². The molecular weight excluding hydrogens is 580 g/mol. The second-order valence-electron chi connectivity index (χ2n) is 10.3. The lowest BCUT2D eigenvalue weighted by Crippen LogP contribution is -2.61. The molecule has 2 aliphatic rings. The van der Waals surface area contributed by atoms with Gasteiger partial charge in [-0.25, -0.2) is 0 Å². The van der Waals surface area contributed by atoms with Crippen LogP contribution in [0, 0.1) is 0 Å². The van der Waals surface area contributed by atoms with Gasteiger partial charge in [-0.1, -0.05) is 0 Å². The summed E-state index contributed by atoms with van der Waals surface area (Å²) in [7, 11) is 0. The van der Waals surface area contributed by atoms with E-state index < -0.39 is 113 Å². The van der Waals surface area contributed by atoms with E-state index in [1.165, 1.54) is 13.0 Å². The van der Waals surface area contributed by atoms with Crippen molar-refractivity contribution in [3.8, 4) is 40.1 Å². The summed E-state index contributed by atoms with van der Waals surface area (Å²) in [5, 5.41) is 101. The maximum absolute atomic E-state index is 13.6. The molecule has 2 aliphatic heterocycles. The number of benzene rings is 2. The van der Waals surface area contributed by atoms with Gasteiger partial charge in [-0.05, 0) is 25.1 Å². The molecule has 0 amide bonds. The fraction of sp³-hybridized carbons (Fsp3) is 0.444. The Hall–Kier alpha value is -3.71. The van der Waals surface area contributed by atoms with Crippen LogP contribution in [-0.2, 0) is 14.2 Å². The monoisotopic (exact) mass is 610 g/mol. The number of hydrogen-bond donors (Lipinski definition) is 10. The second-order valence-corrected chi connectivity index (χ2v) is 10.3. The number of aliphatic hydroxyl groups is 6. The smallest absolute Gasteiger partial charge is 0.239 e. The van der Waals surface area contributed by atoms with E-state index >= 15 is 0 Å². The Bertz CT molecular complexity index is 1540. The molecule has 0 radical (unpaired) electrons. The van der Waals surface area contributed by atoms with Crippen molar-refractivity contribution in [2.75, 3.05) is 6.61 Å². The number of hydrogen-bond acceptors (Lipinski definition) is 16. The van der Waals surface area contributed by atoms with Crippen molar-refractivity contribution >= 4 is 11.0 Å². The molecule has 0 spiro atoms. The zero-order valence-corrected chi connectivity index (χ0v) is 22.3. The molecule has 3 heterocycles. The van der Waals surface area contributed by atoms with Gasteiger partial charge in [0.15, 0.2) is 23.5 Å². The van der Waals surface area contributed by atoms with Crippen molar-refractivity contribution in [2.45, 2.75) is 68.3 Å². The average Bonchev–Trinajstić information content (AvgIpc) is 2.96. The van der Waals surface area contributed by atoms with E-state index in [9.17, 15) is 55.9 Å². The molecule has 16 nitrogen and oxygen atoms in total. The van der Waals surface area contributed by atoms with Crippen LogP contribution in [0.15, 0.2) is 39.5 Å². The van der Waals surface area contributed by atoms with Crippen LogP contribution < -0.4 is 10.2 Å². The summed E-state index contributed by atoms with van der Waals surface area (Å²) in [5.41, 5.74) is -1.35. The van der Waals surface area contributed by atoms with Crippen molar-refractivity contribution in [1.82, 2.24) is 0 Å². The van der Waals surface area contributed by atoms with E-state index in [0.717, 1.165) is 24.3 Å². The molecule has 16 heteroatoms. The standard InChI is InChI=1S/C27H30O16/c1-8-17(32)20(35)22(37)26(40-8)39-7-15-18(33)21(36)23(38)27(42-15)43-25-19(34)16-13(31)5-10(28)6-14(16)41-24(25)9-2-3-11(29)12(30)4-9/h2-6,8,15,17-18,20-23,26-33,35-38H,7H2,1H3/t8?,15?,17-,18-,20?,21?,22-,23+,26+,27+/m0/s1. The number of aliphatic hydroxyl groups excluding tert-OH is 6. The summed E-state index contributed by atoms with van der Waals surface area (Å²) in [6.07, 6.45) is -16.2. The van der Waals surface area contributed by atoms with Gasteiger partial charge in [0.1, 0.15) is 65.2 Å². The predicted molar refractivity (Wildman–Crippen MR) is 140 cm³/mol. The number of aromatic hydroxyl groups is 4. The first-order chi connectivity index (χ1) is 20.3. The first-order valence-corrected chi connectivity index (χ1v) is 13.0. The average molecular weight is 611 g/mol. The molecule has 43 heavy (non-hydrogen) atoms. The van der Waals surface area contributed by atoms with Gasteiger partial charge in [-0.3, -0.25) is 4.79 Å². The Morgan fingerprint density at radius 3 is 2.12 bits per heavy atom. The van der Waals surface area contributed by atoms with Crippen LogP contribution >= 0.6 is 0 Å². The first kappa shape index (κ1) is 30.7. The molecule has 4 unspecified atom stereocenters. The Kier molecular flexibility index (Phi) is 8.41. The highest BCUT2D eigenvalue weighted by Gasteiger charge is 2.47. The molecule has 2 aromatic carbocycles. The van der Waals surface area contributed by atoms with Crippen LogP contribution in [0.2, 0.25) is 0 Å². The van der Waals surface area contributed by atoms with Crippen molar-refractivity contribution in [3.63, 3.8) is 0 Å². The minimum Gasteiger partial charge on any atom is -0.508 e. The van der Waals surface area contributed by atoms with Crippen molar-refractivity contribution in [2.24, 2.45) is 0 Å². The highest BCUT2D eigenvalue weighted by molar-refractivity contribution is 5.88. The van der Waals surface area contributed by atoms with E-state index in [-0.39, 0.29) is 11.1 Å². The summed E-state index contributed by atoms with van der Waals surface area (Å²) in [6, 6.07) is 5.24. The molecule has 0 bridgehead atoms. The van der Waals surface area contributed by atoms with Crippen LogP contribution in [0.1, 0.15) is 6.92 Å². The molecule has 0 saturated carbocycles. The van der Waals surface area contributed by atoms with Gasteiger partial charge in [0.25, 0.3) is 0 Å². The molecule has 0 aliphatic carbocycles. The molecule has 3 aromatic rings. The van der Waals surface area contributed by atoms with Gasteiger partial charge >= 0.3 is 0 Å². The number of ether oxygens (including phenoxy) is 4. The van der Waals surface area contributed by atoms with Gasteiger partial charge < -0.3 is 74.4 Å². The molecule has 2 fully saturated rings. The molecule has 5 rings (SSSR count). The van der Waals surface area contributed by atoms with Gasteiger partial charge in [0, 0.05) is 17.7 Å². The lowest BCUT2D eigenvalue weighted by molar-refractivity contribution is -0.318. The maximum atomic E-state index is 13.6. The van der Waals surface area contributed by atoms with Crippen molar-refractivity contribution in [3.05, 3.63) is 40.6 Å². The molecule has 2 saturated heterocycles. The summed E-state index contributed by atoms with van der Waals surface area (Å²) < 4.78 is 27.8. The lowest BCUT2D eigenvalue weighted by Gasteiger charge is -2.42. The van der Waals surface area contributed by atoms with E-state index in [1.54, 1.807) is 0 Å². The lowest BCUT2D eigenvalue weighted by atomic mass is 9.98. The summed E-state index contributed by atoms with van der Waals surface area (Å²) in [6.45, 7) is 0.818. The van der Waals surface area contributed by atoms with E-state index in [1.807, 2.05) is 0 Å². The maximum Gasteiger partial charge on any atom is 0.239 e. The number of rotatable bonds is 6. The van der Waals surface area contributed by atoms with Crippen LogP contribution in [0.3, 0.4) is 0 Å². The zero-order chi connectivity index (χ0) is 31.3. The number of phenolic OH excluding ortho intramolecular Hbond substituents is 4. The molecule has 10 atom stereocenters. The quantitative estimate of drug-likeness (QED) is 0.140. The third-order valence-corrected chi connectivity index (χ3v) is 7.29. The largest absolute Gasteiger partial charge is 0.508 e. The Morgan fingerprint density at radius 1 is 0.744 bits per heavy atom. The molecular formula is C27H30O16. The highest BCUT2D eigenvalue weighted by Crippen LogP contribution is 2.39. The van der Waals surface area contributed by atoms with Gasteiger partial charge in [-0.2, -0.15) is 0 Å². The third kappa shape index (κ3) is 5.67. The van der Waals surface area contributed by atoms with Crippen LogP contribution in [-0.4, -0.2) is 119 Å². The fourth-order valence-corrected chi connectivity index (χ4v) is 4.84. The molecule has 234 valence electrons. The molecule has 10 N–H and O–H groups in total. The topological polar surface area (TPSA) is 269 Å². The normalized spacial score (nSPS) is 33.0. The van der Waals surface area contributed by atoms with Crippen LogP contribution in [0.25, 0.3) is 22.3 Å². The van der Waals surface area contributed by atoms with E-state index in [4.69, 9.17) is 23.4 Å². The summed E-state index contributed by atoms with van der Waals surface area (Å²) in [4.78, 5) is 13.6. The Morgan fingerprint density at radius 2 is 1.42 bits per heavy atom. The molecule has 1 aromatic heterocycles. The number of fused-ring (bicyclic) bond motifs is 1. The van der Waals surface area contributed by atoms with Crippen LogP contribution in [0.4, 0.5) is 0 Å². The van der Waals surface area contributed by atoms with Gasteiger partial charge in [0.2, 0.25) is 17.5 Å². The second kappa shape index (κ2) is 11.8. The van der Waals surface area contributed by atoms with Crippen molar-refractivity contribution in [1.29, 1.82) is 0 Å². The Balaban J connectivity index is 1.48. The fourth-order valence-electron chi connectivity index (χ4n) is 4.84.